The fourth-order valence-corrected chi connectivity index (χ4v) is 5.53. The van der Waals surface area contributed by atoms with Crippen molar-refractivity contribution >= 4 is 6.29 Å². The zero-order valence-electron chi connectivity index (χ0n) is 17.2. The Morgan fingerprint density at radius 1 is 0.857 bits per heavy atom. The molecule has 5 atom stereocenters. The highest BCUT2D eigenvalue weighted by Crippen LogP contribution is 2.52. The summed E-state index contributed by atoms with van der Waals surface area (Å²) in [5, 5.41) is 7.00. The Morgan fingerprint density at radius 3 is 2.07 bits per heavy atom. The van der Waals surface area contributed by atoms with Crippen molar-refractivity contribution in [3.63, 3.8) is 0 Å². The van der Waals surface area contributed by atoms with Crippen LogP contribution in [0.1, 0.15) is 61.4 Å². The molecule has 2 fully saturated rings. The van der Waals surface area contributed by atoms with Crippen LogP contribution in [0.3, 0.4) is 0 Å². The molecule has 3 heteroatoms. The summed E-state index contributed by atoms with van der Waals surface area (Å²) in [5.74, 6) is 5.75. The van der Waals surface area contributed by atoms with Crippen LogP contribution in [0, 0.1) is 23.7 Å². The van der Waals surface area contributed by atoms with E-state index in [9.17, 15) is 4.79 Å². The molecule has 2 aliphatic rings. The zero-order valence-corrected chi connectivity index (χ0v) is 17.2. The Morgan fingerprint density at radius 2 is 1.46 bits per heavy atom. The first-order valence-corrected chi connectivity index (χ1v) is 10.4. The van der Waals surface area contributed by atoms with Crippen LogP contribution in [0.25, 0.3) is 0 Å². The lowest BCUT2D eigenvalue weighted by atomic mass is 9.59. The highest BCUT2D eigenvalue weighted by molar-refractivity contribution is 5.74. The quantitative estimate of drug-likeness (QED) is 0.654. The van der Waals surface area contributed by atoms with E-state index in [1.165, 1.54) is 31.2 Å². The van der Waals surface area contributed by atoms with Crippen molar-refractivity contribution in [1.82, 2.24) is 0 Å². The van der Waals surface area contributed by atoms with Gasteiger partial charge in [0, 0.05) is 12.7 Å². The Kier molecular flexibility index (Phi) is 6.90. The lowest BCUT2D eigenvalue weighted by Gasteiger charge is -2.46. The molecule has 5 unspecified atom stereocenters. The Hall–Kier alpha value is -2.13. The number of carbonyl (C=O) groups excluding carboxylic acids is 1. The van der Waals surface area contributed by atoms with Gasteiger partial charge in [0.15, 0.2) is 0 Å². The molecule has 3 nitrogen and oxygen atoms in total. The fourth-order valence-electron chi connectivity index (χ4n) is 5.53. The van der Waals surface area contributed by atoms with Gasteiger partial charge < -0.3 is 9.84 Å². The molecule has 0 heterocycles. The number of aldehydes is 1. The van der Waals surface area contributed by atoms with Crippen molar-refractivity contribution in [2.24, 2.45) is 23.7 Å². The number of hydrogen-bond acceptors (Lipinski definition) is 3. The summed E-state index contributed by atoms with van der Waals surface area (Å²) in [6, 6.07) is 15.9. The maximum atomic E-state index is 10.7. The number of fused-ring (bicyclic) bond motifs is 2. The van der Waals surface area contributed by atoms with Crippen LogP contribution in [0.15, 0.2) is 48.5 Å². The monoisotopic (exact) mass is 380 g/mol. The molecule has 1 N–H and O–H groups in total. The van der Waals surface area contributed by atoms with Crippen LogP contribution in [-0.4, -0.2) is 18.5 Å². The van der Waals surface area contributed by atoms with Crippen LogP contribution in [0.4, 0.5) is 0 Å². The van der Waals surface area contributed by atoms with E-state index in [1.54, 1.807) is 12.1 Å². The molecule has 0 aromatic heterocycles. The molecule has 2 aromatic carbocycles. The van der Waals surface area contributed by atoms with Gasteiger partial charge in [-0.1, -0.05) is 26.0 Å². The van der Waals surface area contributed by atoms with Crippen LogP contribution >= 0.6 is 0 Å². The highest BCUT2D eigenvalue weighted by atomic mass is 16.5. The molecule has 2 aliphatic carbocycles. The number of aliphatic hydroxyl groups excluding tert-OH is 1. The first-order chi connectivity index (χ1) is 13.6. The number of rotatable bonds is 4. The molecular formula is C25H32O3. The maximum Gasteiger partial charge on any atom is 0.150 e. The minimum Gasteiger partial charge on any atom is -0.457 e. The third kappa shape index (κ3) is 4.64. The first kappa shape index (κ1) is 20.6. The van der Waals surface area contributed by atoms with Crippen molar-refractivity contribution in [1.29, 1.82) is 0 Å². The molecule has 2 saturated carbocycles. The minimum absolute atomic E-state index is 0.666. The summed E-state index contributed by atoms with van der Waals surface area (Å²) in [4.78, 5) is 10.7. The van der Waals surface area contributed by atoms with Crippen molar-refractivity contribution in [3.05, 3.63) is 59.7 Å². The molecular weight excluding hydrogens is 348 g/mol. The molecule has 2 aromatic rings. The summed E-state index contributed by atoms with van der Waals surface area (Å²) in [5.41, 5.74) is 2.14. The van der Waals surface area contributed by atoms with Gasteiger partial charge in [-0.2, -0.15) is 0 Å². The second kappa shape index (κ2) is 9.38. The fraction of sp³-hybridized carbons (Fsp3) is 0.480. The van der Waals surface area contributed by atoms with Gasteiger partial charge in [0.05, 0.1) is 0 Å². The number of hydrogen-bond donors (Lipinski definition) is 1. The van der Waals surface area contributed by atoms with Gasteiger partial charge in [0.1, 0.15) is 17.8 Å². The Balaban J connectivity index is 0.00000109. The van der Waals surface area contributed by atoms with Gasteiger partial charge in [0.2, 0.25) is 0 Å². The van der Waals surface area contributed by atoms with Gasteiger partial charge in [-0.15, -0.1) is 0 Å². The van der Waals surface area contributed by atoms with Crippen LogP contribution in [0.2, 0.25) is 0 Å². The summed E-state index contributed by atoms with van der Waals surface area (Å²) in [6.45, 7) is 4.87. The van der Waals surface area contributed by atoms with Crippen molar-refractivity contribution in [3.8, 4) is 11.5 Å². The number of ether oxygens (including phenoxy) is 1. The lowest BCUT2D eigenvalue weighted by molar-refractivity contribution is 0.0854. The third-order valence-electron chi connectivity index (χ3n) is 6.42. The first-order valence-electron chi connectivity index (χ1n) is 10.4. The van der Waals surface area contributed by atoms with Crippen LogP contribution in [0.5, 0.6) is 11.5 Å². The summed E-state index contributed by atoms with van der Waals surface area (Å²) in [7, 11) is 1.00. The van der Waals surface area contributed by atoms with Crippen LogP contribution < -0.4 is 4.74 Å². The van der Waals surface area contributed by atoms with Crippen molar-refractivity contribution in [2.45, 2.75) is 45.4 Å². The molecule has 28 heavy (non-hydrogen) atoms. The number of aliphatic hydroxyl groups is 1. The molecule has 0 spiro atoms. The summed E-state index contributed by atoms with van der Waals surface area (Å²) < 4.78 is 5.93. The van der Waals surface area contributed by atoms with Gasteiger partial charge in [0.25, 0.3) is 0 Å². The predicted molar refractivity (Wildman–Crippen MR) is 113 cm³/mol. The normalized spacial score (nSPS) is 28.6. The smallest absolute Gasteiger partial charge is 0.150 e. The van der Waals surface area contributed by atoms with Gasteiger partial charge in [-0.05, 0) is 97.2 Å². The molecule has 4 rings (SSSR count). The Bertz CT molecular complexity index is 746. The summed E-state index contributed by atoms with van der Waals surface area (Å²) >= 11 is 0. The van der Waals surface area contributed by atoms with E-state index in [2.05, 4.69) is 38.1 Å². The average Bonchev–Trinajstić information content (AvgIpc) is 2.70. The van der Waals surface area contributed by atoms with E-state index in [0.717, 1.165) is 48.6 Å². The average molecular weight is 381 g/mol. The molecule has 150 valence electrons. The van der Waals surface area contributed by atoms with Crippen LogP contribution in [-0.2, 0) is 0 Å². The Labute approximate surface area is 168 Å². The van der Waals surface area contributed by atoms with E-state index < -0.39 is 0 Å². The van der Waals surface area contributed by atoms with E-state index in [-0.39, 0.29) is 0 Å². The minimum atomic E-state index is 0.666. The van der Waals surface area contributed by atoms with E-state index in [4.69, 9.17) is 9.84 Å². The second-order valence-electron chi connectivity index (χ2n) is 8.54. The van der Waals surface area contributed by atoms with Gasteiger partial charge >= 0.3 is 0 Å². The van der Waals surface area contributed by atoms with Crippen molar-refractivity contribution < 1.29 is 14.6 Å². The van der Waals surface area contributed by atoms with E-state index in [0.29, 0.717) is 11.5 Å². The lowest BCUT2D eigenvalue weighted by Crippen LogP contribution is -2.35. The van der Waals surface area contributed by atoms with Gasteiger partial charge in [-0.3, -0.25) is 4.79 Å². The van der Waals surface area contributed by atoms with E-state index >= 15 is 0 Å². The largest absolute Gasteiger partial charge is 0.457 e. The van der Waals surface area contributed by atoms with E-state index in [1.807, 2.05) is 12.1 Å². The SMILES string of the molecule is CC1CC2CC(C)C(c3ccc(Oc4ccc(C=O)cc4)cc3)C(C1)C2.CO. The third-order valence-corrected chi connectivity index (χ3v) is 6.42. The highest BCUT2D eigenvalue weighted by Gasteiger charge is 2.40. The molecule has 0 aliphatic heterocycles. The molecule has 0 saturated heterocycles. The van der Waals surface area contributed by atoms with Gasteiger partial charge in [-0.25, -0.2) is 0 Å². The van der Waals surface area contributed by atoms with Crippen molar-refractivity contribution in [2.75, 3.05) is 7.11 Å². The molecule has 0 amide bonds. The number of benzene rings is 2. The molecule has 0 radical (unpaired) electrons. The number of carbonyl (C=O) groups is 1. The summed E-state index contributed by atoms with van der Waals surface area (Å²) in [6.07, 6.45) is 6.46. The molecule has 2 bridgehead atoms. The standard InChI is InChI=1S/C24H28O2.CH4O/c1-16-11-19-13-17(2)24(21(12-16)14-19)20-5-9-23(10-6-20)26-22-7-3-18(15-25)4-8-22;1-2/h3-10,15-17,19,21,24H,11-14H2,1-2H3;2H,1H3. The predicted octanol–water partition coefficient (Wildman–Crippen LogP) is 6.08. The zero-order chi connectivity index (χ0) is 20.1. The topological polar surface area (TPSA) is 46.5 Å². The second-order valence-corrected chi connectivity index (χ2v) is 8.54. The maximum absolute atomic E-state index is 10.7.